The third-order valence-electron chi connectivity index (χ3n) is 4.35. The minimum absolute atomic E-state index is 0.405. The predicted molar refractivity (Wildman–Crippen MR) is 78.6 cm³/mol. The predicted octanol–water partition coefficient (Wildman–Crippen LogP) is 4.31. The van der Waals surface area contributed by atoms with E-state index in [9.17, 15) is 8.78 Å². The molecule has 1 atom stereocenters. The van der Waals surface area contributed by atoms with Crippen LogP contribution in [0.25, 0.3) is 0 Å². The fraction of sp³-hybridized carbons (Fsp3) is 0.647. The summed E-state index contributed by atoms with van der Waals surface area (Å²) in [5.74, 6) is 0.215. The first-order chi connectivity index (χ1) is 9.56. The van der Waals surface area contributed by atoms with Gasteiger partial charge in [-0.05, 0) is 36.4 Å². The Balaban J connectivity index is 2.05. The van der Waals surface area contributed by atoms with Crippen molar-refractivity contribution in [2.24, 2.45) is 11.8 Å². The van der Waals surface area contributed by atoms with Crippen molar-refractivity contribution in [2.45, 2.75) is 52.0 Å². The fourth-order valence-electron chi connectivity index (χ4n) is 3.19. The van der Waals surface area contributed by atoms with Gasteiger partial charge in [0.25, 0.3) is 0 Å². The lowest BCUT2D eigenvalue weighted by Crippen LogP contribution is -2.33. The third kappa shape index (κ3) is 4.27. The van der Waals surface area contributed by atoms with Crippen molar-refractivity contribution in [3.8, 4) is 0 Å². The van der Waals surface area contributed by atoms with E-state index in [1.807, 2.05) is 0 Å². The van der Waals surface area contributed by atoms with Crippen LogP contribution in [0.15, 0.2) is 18.2 Å². The van der Waals surface area contributed by atoms with E-state index in [1.54, 1.807) is 6.07 Å². The Morgan fingerprint density at radius 3 is 2.50 bits per heavy atom. The Morgan fingerprint density at radius 1 is 1.20 bits per heavy atom. The van der Waals surface area contributed by atoms with E-state index in [0.717, 1.165) is 12.6 Å². The molecule has 20 heavy (non-hydrogen) atoms. The summed E-state index contributed by atoms with van der Waals surface area (Å²) in [4.78, 5) is 0. The van der Waals surface area contributed by atoms with E-state index in [1.165, 1.54) is 31.7 Å². The maximum atomic E-state index is 13.8. The van der Waals surface area contributed by atoms with Crippen LogP contribution in [0.2, 0.25) is 0 Å². The van der Waals surface area contributed by atoms with Crippen molar-refractivity contribution in [3.63, 3.8) is 0 Å². The normalized spacial score (nSPS) is 17.9. The highest BCUT2D eigenvalue weighted by molar-refractivity contribution is 5.19. The third-order valence-corrected chi connectivity index (χ3v) is 4.35. The smallest absolute Gasteiger partial charge is 0.129 e. The second kappa shape index (κ2) is 7.16. The van der Waals surface area contributed by atoms with Crippen molar-refractivity contribution >= 4 is 0 Å². The molecule has 0 aliphatic heterocycles. The second-order valence-corrected chi connectivity index (χ2v) is 6.31. The molecule has 2 rings (SSSR count). The molecule has 0 radical (unpaired) electrons. The van der Waals surface area contributed by atoms with Crippen LogP contribution in [-0.4, -0.2) is 12.6 Å². The first-order valence-electron chi connectivity index (χ1n) is 7.73. The summed E-state index contributed by atoms with van der Waals surface area (Å²) in [7, 11) is 0. The van der Waals surface area contributed by atoms with Crippen LogP contribution in [0.5, 0.6) is 0 Å². The van der Waals surface area contributed by atoms with Crippen molar-refractivity contribution < 1.29 is 8.78 Å². The zero-order valence-corrected chi connectivity index (χ0v) is 12.5. The van der Waals surface area contributed by atoms with Gasteiger partial charge in [-0.3, -0.25) is 0 Å². The van der Waals surface area contributed by atoms with E-state index in [-0.39, 0.29) is 0 Å². The highest BCUT2D eigenvalue weighted by Gasteiger charge is 2.26. The summed E-state index contributed by atoms with van der Waals surface area (Å²) in [5, 5.41) is 3.48. The van der Waals surface area contributed by atoms with E-state index in [4.69, 9.17) is 0 Å². The van der Waals surface area contributed by atoms with Gasteiger partial charge < -0.3 is 5.32 Å². The number of halogens is 2. The second-order valence-electron chi connectivity index (χ2n) is 6.31. The van der Waals surface area contributed by atoms with Crippen molar-refractivity contribution in [2.75, 3.05) is 6.54 Å². The lowest BCUT2D eigenvalue weighted by molar-refractivity contribution is 0.310. The molecule has 0 aromatic heterocycles. The summed E-state index contributed by atoms with van der Waals surface area (Å²) >= 11 is 0. The summed E-state index contributed by atoms with van der Waals surface area (Å²) in [6.45, 7) is 5.17. The lowest BCUT2D eigenvalue weighted by atomic mass is 9.85. The van der Waals surface area contributed by atoms with Gasteiger partial charge in [-0.2, -0.15) is 0 Å². The zero-order valence-electron chi connectivity index (χ0n) is 12.5. The quantitative estimate of drug-likeness (QED) is 0.819. The van der Waals surface area contributed by atoms with Gasteiger partial charge in [-0.15, -0.1) is 0 Å². The Kier molecular flexibility index (Phi) is 5.53. The summed E-state index contributed by atoms with van der Waals surface area (Å²) < 4.78 is 26.8. The molecule has 1 saturated carbocycles. The Bertz CT molecular complexity index is 425. The van der Waals surface area contributed by atoms with Crippen LogP contribution in [0, 0.1) is 23.5 Å². The maximum Gasteiger partial charge on any atom is 0.129 e. The van der Waals surface area contributed by atoms with Gasteiger partial charge in [0.05, 0.1) is 0 Å². The summed E-state index contributed by atoms with van der Waals surface area (Å²) in [6, 6.07) is 4.40. The van der Waals surface area contributed by atoms with E-state index >= 15 is 0 Å². The molecule has 0 heterocycles. The van der Waals surface area contributed by atoms with Gasteiger partial charge >= 0.3 is 0 Å². The first kappa shape index (κ1) is 15.4. The molecule has 0 saturated heterocycles. The first-order valence-corrected chi connectivity index (χ1v) is 7.73. The number of rotatable bonds is 6. The maximum absolute atomic E-state index is 13.8. The molecule has 0 spiro atoms. The Hall–Kier alpha value is -0.960. The van der Waals surface area contributed by atoms with E-state index in [2.05, 4.69) is 19.2 Å². The number of benzene rings is 1. The van der Waals surface area contributed by atoms with E-state index in [0.29, 0.717) is 29.9 Å². The molecule has 3 heteroatoms. The average molecular weight is 281 g/mol. The number of hydrogen-bond acceptors (Lipinski definition) is 1. The molecular formula is C17H25F2N. The standard InChI is InChI=1S/C17H25F2N/c1-12(2)20-11-15(13-5-3-4-6-13)9-14-7-8-16(18)10-17(14)19/h7-8,10,12-13,15,20H,3-6,9,11H2,1-2H3. The summed E-state index contributed by atoms with van der Waals surface area (Å²) in [6.07, 6.45) is 5.76. The molecule has 1 aromatic rings. The summed E-state index contributed by atoms with van der Waals surface area (Å²) in [5.41, 5.74) is 0.647. The highest BCUT2D eigenvalue weighted by Crippen LogP contribution is 2.33. The van der Waals surface area contributed by atoms with Crippen LogP contribution < -0.4 is 5.32 Å². The molecule has 1 unspecified atom stereocenters. The number of hydrogen-bond donors (Lipinski definition) is 1. The largest absolute Gasteiger partial charge is 0.314 e. The van der Waals surface area contributed by atoms with Gasteiger partial charge in [0.15, 0.2) is 0 Å². The monoisotopic (exact) mass is 281 g/mol. The van der Waals surface area contributed by atoms with Crippen LogP contribution in [-0.2, 0) is 6.42 Å². The molecule has 1 aliphatic carbocycles. The minimum Gasteiger partial charge on any atom is -0.314 e. The van der Waals surface area contributed by atoms with Gasteiger partial charge in [-0.1, -0.05) is 45.6 Å². The SMILES string of the molecule is CC(C)NCC(Cc1ccc(F)cc1F)C1CCCC1. The van der Waals surface area contributed by atoms with Gasteiger partial charge in [0.1, 0.15) is 11.6 Å². The zero-order chi connectivity index (χ0) is 14.5. The van der Waals surface area contributed by atoms with Gasteiger partial charge in [0.2, 0.25) is 0 Å². The van der Waals surface area contributed by atoms with Crippen LogP contribution in [0.4, 0.5) is 8.78 Å². The Labute approximate surface area is 120 Å². The van der Waals surface area contributed by atoms with Crippen LogP contribution in [0.1, 0.15) is 45.1 Å². The Morgan fingerprint density at radius 2 is 1.90 bits per heavy atom. The molecule has 112 valence electrons. The van der Waals surface area contributed by atoms with Crippen LogP contribution >= 0.6 is 0 Å². The fourth-order valence-corrected chi connectivity index (χ4v) is 3.19. The molecule has 0 bridgehead atoms. The topological polar surface area (TPSA) is 12.0 Å². The molecule has 1 N–H and O–H groups in total. The molecule has 0 amide bonds. The highest BCUT2D eigenvalue weighted by atomic mass is 19.1. The molecule has 1 fully saturated rings. The minimum atomic E-state index is -0.496. The van der Waals surface area contributed by atoms with Crippen LogP contribution in [0.3, 0.4) is 0 Å². The van der Waals surface area contributed by atoms with Gasteiger partial charge in [-0.25, -0.2) is 8.78 Å². The molecule has 1 nitrogen and oxygen atoms in total. The van der Waals surface area contributed by atoms with Crippen molar-refractivity contribution in [3.05, 3.63) is 35.4 Å². The molecular weight excluding hydrogens is 256 g/mol. The lowest BCUT2D eigenvalue weighted by Gasteiger charge is -2.25. The van der Waals surface area contributed by atoms with Gasteiger partial charge in [0, 0.05) is 12.1 Å². The molecule has 1 aromatic carbocycles. The number of nitrogens with one attached hydrogen (secondary N) is 1. The molecule has 1 aliphatic rings. The van der Waals surface area contributed by atoms with E-state index < -0.39 is 11.6 Å². The van der Waals surface area contributed by atoms with Crippen molar-refractivity contribution in [1.29, 1.82) is 0 Å². The van der Waals surface area contributed by atoms with Crippen molar-refractivity contribution in [1.82, 2.24) is 5.32 Å². The average Bonchev–Trinajstić information content (AvgIpc) is 2.90.